The summed E-state index contributed by atoms with van der Waals surface area (Å²) < 4.78 is 61.3. The topological polar surface area (TPSA) is 93.7 Å². The van der Waals surface area contributed by atoms with Gasteiger partial charge in [-0.1, -0.05) is 0 Å². The number of anilines is 1. The number of carbonyl (C=O) groups excluding carboxylic acids is 1. The van der Waals surface area contributed by atoms with Gasteiger partial charge >= 0.3 is 6.61 Å². The summed E-state index contributed by atoms with van der Waals surface area (Å²) in [5.41, 5.74) is 0.438. The number of ether oxygens (including phenoxy) is 2. The molecule has 0 bridgehead atoms. The Morgan fingerprint density at radius 3 is 2.39 bits per heavy atom. The van der Waals surface area contributed by atoms with Gasteiger partial charge in [-0.15, -0.1) is 0 Å². The molecule has 1 saturated carbocycles. The lowest BCUT2D eigenvalue weighted by Gasteiger charge is -2.12. The quantitative estimate of drug-likeness (QED) is 0.695. The molecule has 2 aromatic rings. The molecule has 2 aromatic carbocycles. The van der Waals surface area contributed by atoms with Gasteiger partial charge in [0, 0.05) is 17.3 Å². The van der Waals surface area contributed by atoms with E-state index in [2.05, 4.69) is 14.8 Å². The lowest BCUT2D eigenvalue weighted by atomic mass is 10.2. The lowest BCUT2D eigenvalue weighted by Crippen LogP contribution is -2.26. The molecule has 1 fully saturated rings. The molecule has 7 nitrogen and oxygen atoms in total. The molecule has 3 rings (SSSR count). The van der Waals surface area contributed by atoms with E-state index in [0.29, 0.717) is 5.69 Å². The molecule has 1 aliphatic rings. The molecule has 150 valence electrons. The lowest BCUT2D eigenvalue weighted by molar-refractivity contribution is -0.0498. The van der Waals surface area contributed by atoms with Gasteiger partial charge in [0.25, 0.3) is 5.91 Å². The molecular formula is C18H18F2N2O5S. The van der Waals surface area contributed by atoms with Gasteiger partial charge in [-0.05, 0) is 55.3 Å². The van der Waals surface area contributed by atoms with Gasteiger partial charge in [0.15, 0.2) is 0 Å². The Bertz CT molecular complexity index is 960. The van der Waals surface area contributed by atoms with E-state index in [1.807, 2.05) is 0 Å². The standard InChI is InChI=1S/C18H18F2N2O5S/c1-26-15-9-2-11(10-16(15)28(24,25)22-13-3-4-13)17(23)21-12-5-7-14(8-6-12)27-18(19)20/h2,5-10,13,18,22H,3-4H2,1H3,(H,21,23). The number of rotatable bonds is 8. The van der Waals surface area contributed by atoms with E-state index in [0.717, 1.165) is 12.8 Å². The van der Waals surface area contributed by atoms with E-state index < -0.39 is 22.5 Å². The van der Waals surface area contributed by atoms with Gasteiger partial charge < -0.3 is 14.8 Å². The van der Waals surface area contributed by atoms with E-state index in [-0.39, 0.29) is 28.0 Å². The normalized spacial score (nSPS) is 14.0. The van der Waals surface area contributed by atoms with Crippen molar-refractivity contribution in [1.82, 2.24) is 4.72 Å². The van der Waals surface area contributed by atoms with Crippen LogP contribution >= 0.6 is 0 Å². The van der Waals surface area contributed by atoms with Crippen molar-refractivity contribution in [3.05, 3.63) is 48.0 Å². The van der Waals surface area contributed by atoms with Crippen LogP contribution in [0, 0.1) is 0 Å². The fourth-order valence-corrected chi connectivity index (χ4v) is 3.93. The average Bonchev–Trinajstić information content (AvgIpc) is 3.45. The number of sulfonamides is 1. The first-order valence-electron chi connectivity index (χ1n) is 8.35. The predicted octanol–water partition coefficient (Wildman–Crippen LogP) is 2.99. The number of hydrogen-bond acceptors (Lipinski definition) is 5. The van der Waals surface area contributed by atoms with Crippen LogP contribution in [0.5, 0.6) is 11.5 Å². The number of nitrogens with one attached hydrogen (secondary N) is 2. The van der Waals surface area contributed by atoms with Crippen molar-refractivity contribution < 1.29 is 31.5 Å². The minimum atomic E-state index is -3.83. The maximum atomic E-state index is 12.5. The minimum Gasteiger partial charge on any atom is -0.495 e. The van der Waals surface area contributed by atoms with Gasteiger partial charge in [0.1, 0.15) is 16.4 Å². The van der Waals surface area contributed by atoms with Crippen molar-refractivity contribution >= 4 is 21.6 Å². The summed E-state index contributed by atoms with van der Waals surface area (Å²) >= 11 is 0. The van der Waals surface area contributed by atoms with Crippen LogP contribution in [-0.4, -0.2) is 34.1 Å². The molecule has 0 radical (unpaired) electrons. The van der Waals surface area contributed by atoms with Crippen LogP contribution in [-0.2, 0) is 10.0 Å². The summed E-state index contributed by atoms with van der Waals surface area (Å²) in [6, 6.07) is 9.32. The second-order valence-corrected chi connectivity index (χ2v) is 7.80. The van der Waals surface area contributed by atoms with Crippen LogP contribution < -0.4 is 19.5 Å². The zero-order valence-corrected chi connectivity index (χ0v) is 15.6. The monoisotopic (exact) mass is 412 g/mol. The second-order valence-electron chi connectivity index (χ2n) is 6.12. The van der Waals surface area contributed by atoms with Crippen molar-refractivity contribution in [3.63, 3.8) is 0 Å². The van der Waals surface area contributed by atoms with E-state index in [9.17, 15) is 22.0 Å². The Balaban J connectivity index is 1.79. The predicted molar refractivity (Wildman–Crippen MR) is 97.4 cm³/mol. The van der Waals surface area contributed by atoms with E-state index >= 15 is 0 Å². The summed E-state index contributed by atoms with van der Waals surface area (Å²) in [5, 5.41) is 2.57. The van der Waals surface area contributed by atoms with Gasteiger partial charge in [-0.2, -0.15) is 8.78 Å². The van der Waals surface area contributed by atoms with Crippen LogP contribution in [0.1, 0.15) is 23.2 Å². The van der Waals surface area contributed by atoms with Crippen molar-refractivity contribution in [2.75, 3.05) is 12.4 Å². The molecular weight excluding hydrogens is 394 g/mol. The second kappa shape index (κ2) is 8.11. The van der Waals surface area contributed by atoms with Gasteiger partial charge in [0.05, 0.1) is 7.11 Å². The van der Waals surface area contributed by atoms with Crippen LogP contribution in [0.25, 0.3) is 0 Å². The molecule has 0 aromatic heterocycles. The van der Waals surface area contributed by atoms with E-state index in [1.165, 1.54) is 49.6 Å². The van der Waals surface area contributed by atoms with Crippen molar-refractivity contribution in [1.29, 1.82) is 0 Å². The number of carbonyl (C=O) groups is 1. The molecule has 1 amide bonds. The van der Waals surface area contributed by atoms with Crippen LogP contribution in [0.15, 0.2) is 47.4 Å². The molecule has 0 unspecified atom stereocenters. The SMILES string of the molecule is COc1ccc(C(=O)Nc2ccc(OC(F)F)cc2)cc1S(=O)(=O)NC1CC1. The smallest absolute Gasteiger partial charge is 0.387 e. The molecule has 28 heavy (non-hydrogen) atoms. The number of methoxy groups -OCH3 is 1. The van der Waals surface area contributed by atoms with Crippen LogP contribution in [0.3, 0.4) is 0 Å². The first-order chi connectivity index (χ1) is 13.3. The Hall–Kier alpha value is -2.72. The number of hydrogen-bond donors (Lipinski definition) is 2. The molecule has 0 spiro atoms. The summed E-state index contributed by atoms with van der Waals surface area (Å²) in [7, 11) is -2.49. The number of benzene rings is 2. The fraction of sp³-hybridized carbons (Fsp3) is 0.278. The summed E-state index contributed by atoms with van der Waals surface area (Å²) in [6.07, 6.45) is 1.54. The first-order valence-corrected chi connectivity index (χ1v) is 9.83. The number of amides is 1. The maximum Gasteiger partial charge on any atom is 0.387 e. The molecule has 0 aliphatic heterocycles. The Labute approximate surface area is 160 Å². The molecule has 0 saturated heterocycles. The van der Waals surface area contributed by atoms with Gasteiger partial charge in [-0.25, -0.2) is 13.1 Å². The molecule has 0 atom stereocenters. The first kappa shape index (κ1) is 20.0. The van der Waals surface area contributed by atoms with Crippen LogP contribution in [0.4, 0.5) is 14.5 Å². The average molecular weight is 412 g/mol. The fourth-order valence-electron chi connectivity index (χ4n) is 2.44. The van der Waals surface area contributed by atoms with Crippen LogP contribution in [0.2, 0.25) is 0 Å². The highest BCUT2D eigenvalue weighted by Gasteiger charge is 2.30. The molecule has 2 N–H and O–H groups in total. The molecule has 1 aliphatic carbocycles. The maximum absolute atomic E-state index is 12.5. The summed E-state index contributed by atoms with van der Waals surface area (Å²) in [5.74, 6) is -0.483. The molecule has 0 heterocycles. The number of alkyl halides is 2. The third kappa shape index (κ3) is 4.96. The number of halogens is 2. The van der Waals surface area contributed by atoms with E-state index in [4.69, 9.17) is 4.74 Å². The van der Waals surface area contributed by atoms with Crippen molar-refractivity contribution in [2.24, 2.45) is 0 Å². The highest BCUT2D eigenvalue weighted by Crippen LogP contribution is 2.28. The largest absolute Gasteiger partial charge is 0.495 e. The summed E-state index contributed by atoms with van der Waals surface area (Å²) in [4.78, 5) is 12.3. The van der Waals surface area contributed by atoms with E-state index in [1.54, 1.807) is 0 Å². The summed E-state index contributed by atoms with van der Waals surface area (Å²) in [6.45, 7) is -2.94. The van der Waals surface area contributed by atoms with Crippen molar-refractivity contribution in [3.8, 4) is 11.5 Å². The zero-order valence-electron chi connectivity index (χ0n) is 14.8. The highest BCUT2D eigenvalue weighted by molar-refractivity contribution is 7.89. The molecule has 10 heteroatoms. The van der Waals surface area contributed by atoms with Crippen molar-refractivity contribution in [2.45, 2.75) is 30.4 Å². The Kier molecular flexibility index (Phi) is 5.80. The van der Waals surface area contributed by atoms with Gasteiger partial charge in [0.2, 0.25) is 10.0 Å². The Morgan fingerprint density at radius 1 is 1.14 bits per heavy atom. The highest BCUT2D eigenvalue weighted by atomic mass is 32.2. The Morgan fingerprint density at radius 2 is 1.82 bits per heavy atom. The zero-order chi connectivity index (χ0) is 20.3. The minimum absolute atomic E-state index is 0.0445. The van der Waals surface area contributed by atoms with Gasteiger partial charge in [-0.3, -0.25) is 4.79 Å². The third-order valence-electron chi connectivity index (χ3n) is 3.95. The third-order valence-corrected chi connectivity index (χ3v) is 5.49.